The molecule has 3 aromatic rings. The van der Waals surface area contributed by atoms with E-state index in [9.17, 15) is 9.67 Å². The van der Waals surface area contributed by atoms with Gasteiger partial charge in [-0.25, -0.2) is 0 Å². The van der Waals surface area contributed by atoms with Crippen LogP contribution < -0.4 is 5.30 Å². The van der Waals surface area contributed by atoms with E-state index in [0.29, 0.717) is 10.9 Å². The average molecular weight is 417 g/mol. The van der Waals surface area contributed by atoms with Gasteiger partial charge in [-0.2, -0.15) is 0 Å². The van der Waals surface area contributed by atoms with Crippen molar-refractivity contribution < 1.29 is 14.2 Å². The van der Waals surface area contributed by atoms with Crippen molar-refractivity contribution in [3.8, 4) is 5.75 Å². The molecule has 5 heteroatoms. The molecule has 0 saturated carbocycles. The molecule has 128 valence electrons. The molecule has 0 aromatic heterocycles. The molecule has 2 unspecified atom stereocenters. The lowest BCUT2D eigenvalue weighted by molar-refractivity contribution is 0.395. The van der Waals surface area contributed by atoms with Crippen LogP contribution in [0.5, 0.6) is 5.75 Å². The van der Waals surface area contributed by atoms with E-state index in [1.165, 1.54) is 7.11 Å². The summed E-state index contributed by atoms with van der Waals surface area (Å²) < 4.78 is 20.4. The molecule has 3 rings (SSSR count). The standard InChI is InChI=1S/C20H18BrO3P/c1-24-25(23,17-10-6-3-7-11-17)20(15-8-4-2-5-9-15)18-14-16(21)12-13-19(18)22/h2-14,20,22H,1H3. The number of hydrogen-bond acceptors (Lipinski definition) is 3. The Balaban J connectivity index is 2.28. The lowest BCUT2D eigenvalue weighted by Crippen LogP contribution is -2.14. The molecule has 1 N–H and O–H groups in total. The van der Waals surface area contributed by atoms with Gasteiger partial charge < -0.3 is 9.63 Å². The number of hydrogen-bond donors (Lipinski definition) is 1. The minimum Gasteiger partial charge on any atom is -0.508 e. The van der Waals surface area contributed by atoms with Gasteiger partial charge in [0, 0.05) is 22.5 Å². The van der Waals surface area contributed by atoms with Crippen LogP contribution in [-0.4, -0.2) is 12.2 Å². The fraction of sp³-hybridized carbons (Fsp3) is 0.100. The van der Waals surface area contributed by atoms with Crippen LogP contribution in [0, 0.1) is 0 Å². The Bertz CT molecular complexity index is 897. The summed E-state index contributed by atoms with van der Waals surface area (Å²) in [4.78, 5) is 0. The van der Waals surface area contributed by atoms with Gasteiger partial charge >= 0.3 is 0 Å². The van der Waals surface area contributed by atoms with Crippen LogP contribution in [0.25, 0.3) is 0 Å². The number of halogens is 1. The Hall–Kier alpha value is -1.87. The van der Waals surface area contributed by atoms with Gasteiger partial charge in [-0.3, -0.25) is 4.57 Å². The minimum atomic E-state index is -3.33. The van der Waals surface area contributed by atoms with Gasteiger partial charge in [0.1, 0.15) is 5.75 Å². The second-order valence-corrected chi connectivity index (χ2v) is 9.14. The Morgan fingerprint density at radius 3 is 2.16 bits per heavy atom. The molecule has 0 fully saturated rings. The summed E-state index contributed by atoms with van der Waals surface area (Å²) in [6, 6.07) is 23.8. The normalized spacial score (nSPS) is 14.6. The molecule has 0 heterocycles. The zero-order valence-corrected chi connectivity index (χ0v) is 16.2. The fourth-order valence-corrected chi connectivity index (χ4v) is 5.76. The first-order chi connectivity index (χ1) is 12.1. The van der Waals surface area contributed by atoms with Crippen LogP contribution in [0.2, 0.25) is 0 Å². The van der Waals surface area contributed by atoms with Crippen LogP contribution in [0.4, 0.5) is 0 Å². The van der Waals surface area contributed by atoms with Crippen LogP contribution >= 0.6 is 23.3 Å². The molecule has 3 aromatic carbocycles. The molecule has 3 nitrogen and oxygen atoms in total. The van der Waals surface area contributed by atoms with Gasteiger partial charge in [-0.05, 0) is 35.9 Å². The van der Waals surface area contributed by atoms with E-state index in [-0.39, 0.29) is 5.75 Å². The van der Waals surface area contributed by atoms with Gasteiger partial charge in [0.2, 0.25) is 7.37 Å². The third-order valence-corrected chi connectivity index (χ3v) is 7.44. The molecular weight excluding hydrogens is 399 g/mol. The predicted octanol–water partition coefficient (Wildman–Crippen LogP) is 5.49. The SMILES string of the molecule is COP(=O)(c1ccccc1)C(c1ccccc1)c1cc(Br)ccc1O. The first-order valence-corrected chi connectivity index (χ1v) is 10.3. The van der Waals surface area contributed by atoms with Gasteiger partial charge in [0.25, 0.3) is 0 Å². The minimum absolute atomic E-state index is 0.0882. The molecule has 0 spiro atoms. The van der Waals surface area contributed by atoms with Gasteiger partial charge in [-0.1, -0.05) is 64.5 Å². The maximum atomic E-state index is 14.0. The summed E-state index contributed by atoms with van der Waals surface area (Å²) in [5, 5.41) is 11.1. The molecule has 0 bridgehead atoms. The first-order valence-electron chi connectivity index (χ1n) is 7.80. The van der Waals surface area contributed by atoms with Crippen molar-refractivity contribution in [1.29, 1.82) is 0 Å². The number of benzene rings is 3. The number of rotatable bonds is 5. The monoisotopic (exact) mass is 416 g/mol. The van der Waals surface area contributed by atoms with Crippen molar-refractivity contribution in [2.75, 3.05) is 7.11 Å². The maximum absolute atomic E-state index is 14.0. The zero-order chi connectivity index (χ0) is 17.9. The van der Waals surface area contributed by atoms with Crippen LogP contribution in [-0.2, 0) is 9.09 Å². The topological polar surface area (TPSA) is 46.5 Å². The second kappa shape index (κ2) is 7.57. The largest absolute Gasteiger partial charge is 0.508 e. The fourth-order valence-electron chi connectivity index (χ4n) is 2.93. The van der Waals surface area contributed by atoms with E-state index in [1.807, 2.05) is 48.5 Å². The highest BCUT2D eigenvalue weighted by atomic mass is 79.9. The summed E-state index contributed by atoms with van der Waals surface area (Å²) in [6.45, 7) is 0. The highest BCUT2D eigenvalue weighted by molar-refractivity contribution is 9.10. The molecule has 25 heavy (non-hydrogen) atoms. The van der Waals surface area contributed by atoms with E-state index in [4.69, 9.17) is 4.52 Å². The summed E-state index contributed by atoms with van der Waals surface area (Å²) in [7, 11) is -1.88. The smallest absolute Gasteiger partial charge is 0.243 e. The van der Waals surface area contributed by atoms with E-state index in [1.54, 1.807) is 30.3 Å². The lowest BCUT2D eigenvalue weighted by Gasteiger charge is -2.28. The van der Waals surface area contributed by atoms with Crippen LogP contribution in [0.3, 0.4) is 0 Å². The third-order valence-electron chi connectivity index (χ3n) is 4.13. The average Bonchev–Trinajstić information content (AvgIpc) is 2.66. The molecule has 0 aliphatic carbocycles. The van der Waals surface area contributed by atoms with Crippen molar-refractivity contribution >= 4 is 28.6 Å². The highest BCUT2D eigenvalue weighted by Gasteiger charge is 2.39. The van der Waals surface area contributed by atoms with Gasteiger partial charge in [0.05, 0.1) is 5.66 Å². The summed E-state index contributed by atoms with van der Waals surface area (Å²) in [5.74, 6) is 0.0882. The molecule has 0 aliphatic rings. The number of aromatic hydroxyl groups is 1. The zero-order valence-electron chi connectivity index (χ0n) is 13.7. The van der Waals surface area contributed by atoms with Crippen molar-refractivity contribution in [3.05, 3.63) is 94.5 Å². The highest BCUT2D eigenvalue weighted by Crippen LogP contribution is 2.62. The van der Waals surface area contributed by atoms with Gasteiger partial charge in [0.15, 0.2) is 0 Å². The van der Waals surface area contributed by atoms with E-state index < -0.39 is 13.0 Å². The molecular formula is C20H18BrO3P. The first kappa shape index (κ1) is 17.9. The molecule has 0 amide bonds. The number of phenols is 1. The van der Waals surface area contributed by atoms with Crippen molar-refractivity contribution in [2.45, 2.75) is 5.66 Å². The Labute approximate surface area is 155 Å². The lowest BCUT2D eigenvalue weighted by atomic mass is 10.0. The summed E-state index contributed by atoms with van der Waals surface area (Å²) in [6.07, 6.45) is 0. The number of phenolic OH excluding ortho intramolecular Hbond substituents is 1. The van der Waals surface area contributed by atoms with E-state index in [0.717, 1.165) is 10.0 Å². The van der Waals surface area contributed by atoms with Crippen molar-refractivity contribution in [3.63, 3.8) is 0 Å². The van der Waals surface area contributed by atoms with E-state index >= 15 is 0 Å². The Kier molecular flexibility index (Phi) is 5.43. The van der Waals surface area contributed by atoms with Crippen LogP contribution in [0.1, 0.15) is 16.8 Å². The quantitative estimate of drug-likeness (QED) is 0.559. The van der Waals surface area contributed by atoms with E-state index in [2.05, 4.69) is 15.9 Å². The Morgan fingerprint density at radius 2 is 1.56 bits per heavy atom. The summed E-state index contributed by atoms with van der Waals surface area (Å²) in [5.41, 5.74) is 0.776. The van der Waals surface area contributed by atoms with Crippen LogP contribution in [0.15, 0.2) is 83.3 Å². The van der Waals surface area contributed by atoms with Gasteiger partial charge in [-0.15, -0.1) is 0 Å². The molecule has 0 radical (unpaired) electrons. The second-order valence-electron chi connectivity index (χ2n) is 5.63. The Morgan fingerprint density at radius 1 is 0.960 bits per heavy atom. The molecule has 0 saturated heterocycles. The maximum Gasteiger partial charge on any atom is 0.243 e. The predicted molar refractivity (Wildman–Crippen MR) is 105 cm³/mol. The van der Waals surface area contributed by atoms with Crippen molar-refractivity contribution in [1.82, 2.24) is 0 Å². The third kappa shape index (κ3) is 3.57. The summed E-state index contributed by atoms with van der Waals surface area (Å²) >= 11 is 3.44. The van der Waals surface area contributed by atoms with Crippen molar-refractivity contribution in [2.24, 2.45) is 0 Å². The molecule has 0 aliphatic heterocycles. The molecule has 2 atom stereocenters.